The molecule has 226 valence electrons. The lowest BCUT2D eigenvalue weighted by Crippen LogP contribution is -2.52. The quantitative estimate of drug-likeness (QED) is 0.306. The molecule has 2 amide bonds. The Morgan fingerprint density at radius 3 is 2.12 bits per heavy atom. The van der Waals surface area contributed by atoms with Crippen molar-refractivity contribution in [2.45, 2.75) is 57.6 Å². The second-order valence-electron chi connectivity index (χ2n) is 10.0. The van der Waals surface area contributed by atoms with Gasteiger partial charge in [0.2, 0.25) is 11.8 Å². The summed E-state index contributed by atoms with van der Waals surface area (Å²) in [6.45, 7) is 6.53. The van der Waals surface area contributed by atoms with Crippen molar-refractivity contribution in [2.24, 2.45) is 0 Å². The summed E-state index contributed by atoms with van der Waals surface area (Å²) in [5, 5.41) is 2.88. The normalized spacial score (nSPS) is 12.6. The van der Waals surface area contributed by atoms with Gasteiger partial charge in [-0.05, 0) is 69.2 Å². The predicted molar refractivity (Wildman–Crippen MR) is 160 cm³/mol. The highest BCUT2D eigenvalue weighted by Gasteiger charge is 2.33. The third kappa shape index (κ3) is 7.79. The number of nitrogens with zero attached hydrogens (tertiary/aromatic N) is 2. The summed E-state index contributed by atoms with van der Waals surface area (Å²) in [6.07, 6.45) is 0.687. The minimum Gasteiger partial charge on any atom is -0.493 e. The van der Waals surface area contributed by atoms with E-state index in [0.717, 1.165) is 9.87 Å². The summed E-state index contributed by atoms with van der Waals surface area (Å²) < 4.78 is 53.3. The first kappa shape index (κ1) is 32.4. The Morgan fingerprint density at radius 1 is 0.929 bits per heavy atom. The Kier molecular flexibility index (Phi) is 10.9. The second kappa shape index (κ2) is 14.2. The molecule has 42 heavy (non-hydrogen) atoms. The van der Waals surface area contributed by atoms with Gasteiger partial charge in [-0.25, -0.2) is 12.8 Å². The lowest BCUT2D eigenvalue weighted by atomic mass is 10.1. The van der Waals surface area contributed by atoms with Crippen molar-refractivity contribution in [1.82, 2.24) is 10.2 Å². The van der Waals surface area contributed by atoms with Crippen LogP contribution in [0.1, 0.15) is 38.3 Å². The zero-order valence-electron chi connectivity index (χ0n) is 24.8. The van der Waals surface area contributed by atoms with Gasteiger partial charge < -0.3 is 19.7 Å². The number of sulfonamides is 1. The minimum atomic E-state index is -4.25. The van der Waals surface area contributed by atoms with Crippen LogP contribution in [0.4, 0.5) is 10.1 Å². The molecule has 0 saturated carbocycles. The number of anilines is 1. The molecular formula is C31H38FN3O6S. The van der Waals surface area contributed by atoms with Crippen molar-refractivity contribution < 1.29 is 31.9 Å². The van der Waals surface area contributed by atoms with E-state index in [-0.39, 0.29) is 34.8 Å². The first-order valence-corrected chi connectivity index (χ1v) is 15.0. The lowest BCUT2D eigenvalue weighted by molar-refractivity contribution is -0.139. The second-order valence-corrected chi connectivity index (χ2v) is 11.9. The molecular weight excluding hydrogens is 561 g/mol. The molecule has 3 rings (SSSR count). The molecule has 1 N–H and O–H groups in total. The number of halogens is 1. The van der Waals surface area contributed by atoms with Gasteiger partial charge in [-0.15, -0.1) is 0 Å². The zero-order valence-corrected chi connectivity index (χ0v) is 25.6. The largest absolute Gasteiger partial charge is 0.493 e. The van der Waals surface area contributed by atoms with Gasteiger partial charge in [-0.1, -0.05) is 36.8 Å². The smallest absolute Gasteiger partial charge is 0.264 e. The monoisotopic (exact) mass is 599 g/mol. The number of rotatable bonds is 13. The molecule has 3 aromatic carbocycles. The van der Waals surface area contributed by atoms with Gasteiger partial charge in [0.15, 0.2) is 11.5 Å². The molecule has 0 bridgehead atoms. The van der Waals surface area contributed by atoms with E-state index in [1.165, 1.54) is 67.7 Å². The third-order valence-electron chi connectivity index (χ3n) is 6.98. The van der Waals surface area contributed by atoms with Crippen LogP contribution in [0, 0.1) is 12.7 Å². The maximum atomic E-state index is 14.0. The van der Waals surface area contributed by atoms with E-state index >= 15 is 0 Å². The third-order valence-corrected chi connectivity index (χ3v) is 8.77. The molecule has 0 aliphatic heterocycles. The maximum Gasteiger partial charge on any atom is 0.264 e. The minimum absolute atomic E-state index is 0.0108. The Hall–Kier alpha value is -4.12. The molecule has 0 heterocycles. The van der Waals surface area contributed by atoms with Crippen LogP contribution in [0.5, 0.6) is 11.5 Å². The first-order valence-electron chi connectivity index (χ1n) is 13.6. The lowest BCUT2D eigenvalue weighted by Gasteiger charge is -2.32. The molecule has 2 atom stereocenters. The number of nitrogens with one attached hydrogen (secondary N) is 1. The van der Waals surface area contributed by atoms with Crippen LogP contribution < -0.4 is 19.1 Å². The first-order chi connectivity index (χ1) is 19.9. The fourth-order valence-corrected chi connectivity index (χ4v) is 5.59. The van der Waals surface area contributed by atoms with E-state index in [1.54, 1.807) is 25.1 Å². The summed E-state index contributed by atoms with van der Waals surface area (Å²) in [6, 6.07) is 15.3. The molecule has 0 spiro atoms. The molecule has 0 radical (unpaired) electrons. The van der Waals surface area contributed by atoms with Crippen LogP contribution >= 0.6 is 0 Å². The number of aryl methyl sites for hydroxylation is 1. The van der Waals surface area contributed by atoms with Crippen LogP contribution in [0.25, 0.3) is 0 Å². The molecule has 2 unspecified atom stereocenters. The predicted octanol–water partition coefficient (Wildman–Crippen LogP) is 4.68. The Labute approximate surface area is 247 Å². The van der Waals surface area contributed by atoms with Crippen molar-refractivity contribution in [3.05, 3.63) is 83.7 Å². The summed E-state index contributed by atoms with van der Waals surface area (Å²) in [7, 11) is -1.37. The van der Waals surface area contributed by atoms with E-state index in [1.807, 2.05) is 20.8 Å². The SMILES string of the molecule is CCC(C)NC(=O)C(C)N(Cc1ccc(F)cc1)C(=O)CN(c1ccc(OC)c(OC)c1)S(=O)(=O)c1ccc(C)cc1. The number of hydrogen-bond donors (Lipinski definition) is 1. The van der Waals surface area contributed by atoms with Crippen molar-refractivity contribution in [3.63, 3.8) is 0 Å². The fraction of sp³-hybridized carbons (Fsp3) is 0.355. The summed E-state index contributed by atoms with van der Waals surface area (Å²) in [4.78, 5) is 28.4. The van der Waals surface area contributed by atoms with E-state index in [2.05, 4.69) is 5.32 Å². The van der Waals surface area contributed by atoms with Crippen LogP contribution in [0.15, 0.2) is 71.6 Å². The van der Waals surface area contributed by atoms with Crippen molar-refractivity contribution in [1.29, 1.82) is 0 Å². The molecule has 0 aliphatic carbocycles. The van der Waals surface area contributed by atoms with Crippen LogP contribution in [0.3, 0.4) is 0 Å². The highest BCUT2D eigenvalue weighted by atomic mass is 32.2. The number of carbonyl (C=O) groups excluding carboxylic acids is 2. The van der Waals surface area contributed by atoms with Gasteiger partial charge >= 0.3 is 0 Å². The van der Waals surface area contributed by atoms with E-state index in [0.29, 0.717) is 17.7 Å². The summed E-state index contributed by atoms with van der Waals surface area (Å²) in [5.41, 5.74) is 1.61. The van der Waals surface area contributed by atoms with E-state index in [9.17, 15) is 22.4 Å². The van der Waals surface area contributed by atoms with E-state index in [4.69, 9.17) is 9.47 Å². The van der Waals surface area contributed by atoms with Gasteiger partial charge in [0.05, 0.1) is 24.8 Å². The summed E-state index contributed by atoms with van der Waals surface area (Å²) >= 11 is 0. The molecule has 9 nitrogen and oxygen atoms in total. The fourth-order valence-electron chi connectivity index (χ4n) is 4.18. The molecule has 3 aromatic rings. The van der Waals surface area contributed by atoms with Crippen molar-refractivity contribution in [2.75, 3.05) is 25.1 Å². The number of ether oxygens (including phenoxy) is 2. The zero-order chi connectivity index (χ0) is 31.0. The molecule has 0 aromatic heterocycles. The van der Waals surface area contributed by atoms with Crippen molar-refractivity contribution in [3.8, 4) is 11.5 Å². The number of amides is 2. The van der Waals surface area contributed by atoms with Crippen molar-refractivity contribution >= 4 is 27.5 Å². The van der Waals surface area contributed by atoms with Gasteiger partial charge in [0.1, 0.15) is 18.4 Å². The van der Waals surface area contributed by atoms with Gasteiger partial charge in [-0.2, -0.15) is 0 Å². The maximum absolute atomic E-state index is 14.0. The Bertz CT molecular complexity index is 1480. The average Bonchev–Trinajstić information content (AvgIpc) is 2.98. The Morgan fingerprint density at radius 2 is 1.55 bits per heavy atom. The number of carbonyl (C=O) groups is 2. The Balaban J connectivity index is 2.08. The number of methoxy groups -OCH3 is 2. The standard InChI is InChI=1S/C31H38FN3O6S/c1-7-22(3)33-31(37)23(4)34(19-24-10-12-25(32)13-11-24)30(36)20-35(26-14-17-28(40-5)29(18-26)41-6)42(38,39)27-15-8-21(2)9-16-27/h8-18,22-23H,7,19-20H2,1-6H3,(H,33,37). The van der Waals surface area contributed by atoms with Gasteiger partial charge in [-0.3, -0.25) is 13.9 Å². The molecule has 0 saturated heterocycles. The summed E-state index contributed by atoms with van der Waals surface area (Å²) in [5.74, 6) is -0.803. The van der Waals surface area contributed by atoms with Crippen LogP contribution in [-0.4, -0.2) is 58.0 Å². The average molecular weight is 600 g/mol. The van der Waals surface area contributed by atoms with Crippen LogP contribution in [0.2, 0.25) is 0 Å². The van der Waals surface area contributed by atoms with Gasteiger partial charge in [0.25, 0.3) is 10.0 Å². The number of benzene rings is 3. The molecule has 0 aliphatic rings. The highest BCUT2D eigenvalue weighted by Crippen LogP contribution is 2.34. The van der Waals surface area contributed by atoms with E-state index < -0.39 is 34.3 Å². The van der Waals surface area contributed by atoms with Gasteiger partial charge in [0, 0.05) is 18.7 Å². The topological polar surface area (TPSA) is 105 Å². The highest BCUT2D eigenvalue weighted by molar-refractivity contribution is 7.92. The van der Waals surface area contributed by atoms with Crippen LogP contribution in [-0.2, 0) is 26.2 Å². The number of hydrogen-bond acceptors (Lipinski definition) is 6. The molecule has 11 heteroatoms. The molecule has 0 fully saturated rings.